The summed E-state index contributed by atoms with van der Waals surface area (Å²) in [5.74, 6) is 1.06. The number of benzene rings is 1. The summed E-state index contributed by atoms with van der Waals surface area (Å²) in [6.45, 7) is 2.86. The molecule has 3 heteroatoms. The van der Waals surface area contributed by atoms with Gasteiger partial charge >= 0.3 is 0 Å². The summed E-state index contributed by atoms with van der Waals surface area (Å²) in [6.07, 6.45) is 4.04. The molecule has 0 saturated carbocycles. The van der Waals surface area contributed by atoms with Gasteiger partial charge in [-0.15, -0.1) is 0 Å². The van der Waals surface area contributed by atoms with E-state index in [9.17, 15) is 0 Å². The van der Waals surface area contributed by atoms with Gasteiger partial charge in [0.05, 0.1) is 12.6 Å². The Labute approximate surface area is 120 Å². The number of rotatable bonds is 3. The normalized spacial score (nSPS) is 15.3. The predicted octanol–water partition coefficient (Wildman–Crippen LogP) is 3.02. The molecule has 0 amide bonds. The lowest BCUT2D eigenvalue weighted by Crippen LogP contribution is -2.21. The number of ether oxygens (including phenoxy) is 1. The zero-order chi connectivity index (χ0) is 13.9. The van der Waals surface area contributed by atoms with Crippen LogP contribution in [0.5, 0.6) is 5.75 Å². The lowest BCUT2D eigenvalue weighted by molar-refractivity contribution is 0.283. The van der Waals surface area contributed by atoms with Gasteiger partial charge < -0.3 is 10.1 Å². The van der Waals surface area contributed by atoms with Crippen LogP contribution >= 0.6 is 0 Å². The predicted molar refractivity (Wildman–Crippen MR) is 80.1 cm³/mol. The van der Waals surface area contributed by atoms with Gasteiger partial charge in [-0.25, -0.2) is 0 Å². The number of para-hydroxylation sites is 1. The number of hydrogen-bond donors (Lipinski definition) is 1. The Morgan fingerprint density at radius 1 is 1.20 bits per heavy atom. The van der Waals surface area contributed by atoms with Gasteiger partial charge in [-0.2, -0.15) is 0 Å². The molecule has 1 aliphatic heterocycles. The Bertz CT molecular complexity index is 610. The van der Waals surface area contributed by atoms with Gasteiger partial charge in [-0.1, -0.05) is 24.3 Å². The summed E-state index contributed by atoms with van der Waals surface area (Å²) < 4.78 is 5.94. The van der Waals surface area contributed by atoms with E-state index in [2.05, 4.69) is 41.5 Å². The minimum Gasteiger partial charge on any atom is -0.493 e. The van der Waals surface area contributed by atoms with E-state index in [1.165, 1.54) is 16.7 Å². The Hall–Kier alpha value is -1.87. The lowest BCUT2D eigenvalue weighted by Gasteiger charge is -2.25. The molecule has 1 aliphatic rings. The molecule has 3 rings (SSSR count). The van der Waals surface area contributed by atoms with Crippen molar-refractivity contribution in [3.8, 4) is 5.75 Å². The van der Waals surface area contributed by atoms with Gasteiger partial charge in [0.1, 0.15) is 5.75 Å². The van der Waals surface area contributed by atoms with Crippen LogP contribution < -0.4 is 10.1 Å². The maximum absolute atomic E-state index is 5.94. The SMILES string of the molecule is CNC(c1cccnc1C)c1cccc2c1OCCC2. The van der Waals surface area contributed by atoms with E-state index < -0.39 is 0 Å². The van der Waals surface area contributed by atoms with E-state index in [0.717, 1.165) is 30.9 Å². The smallest absolute Gasteiger partial charge is 0.127 e. The summed E-state index contributed by atoms with van der Waals surface area (Å²) >= 11 is 0. The van der Waals surface area contributed by atoms with Crippen molar-refractivity contribution in [1.82, 2.24) is 10.3 Å². The summed E-state index contributed by atoms with van der Waals surface area (Å²) in [7, 11) is 1.99. The Balaban J connectivity index is 2.09. The molecule has 1 unspecified atom stereocenters. The Morgan fingerprint density at radius 3 is 2.85 bits per heavy atom. The van der Waals surface area contributed by atoms with E-state index in [-0.39, 0.29) is 6.04 Å². The zero-order valence-corrected chi connectivity index (χ0v) is 12.0. The van der Waals surface area contributed by atoms with Crippen molar-refractivity contribution in [3.05, 3.63) is 58.9 Å². The van der Waals surface area contributed by atoms with Gasteiger partial charge in [0.2, 0.25) is 0 Å². The fourth-order valence-corrected chi connectivity index (χ4v) is 2.92. The van der Waals surface area contributed by atoms with Gasteiger partial charge in [0, 0.05) is 17.5 Å². The second-order valence-corrected chi connectivity index (χ2v) is 5.19. The van der Waals surface area contributed by atoms with Crippen molar-refractivity contribution < 1.29 is 4.74 Å². The van der Waals surface area contributed by atoms with Crippen molar-refractivity contribution in [2.75, 3.05) is 13.7 Å². The third kappa shape index (κ3) is 2.29. The molecule has 0 aliphatic carbocycles. The molecular formula is C17H20N2O. The van der Waals surface area contributed by atoms with Crippen molar-refractivity contribution >= 4 is 0 Å². The number of aryl methyl sites for hydroxylation is 2. The molecule has 1 atom stereocenters. The first-order valence-electron chi connectivity index (χ1n) is 7.14. The molecule has 1 aromatic carbocycles. The largest absolute Gasteiger partial charge is 0.493 e. The molecule has 1 N–H and O–H groups in total. The van der Waals surface area contributed by atoms with Crippen molar-refractivity contribution in [1.29, 1.82) is 0 Å². The van der Waals surface area contributed by atoms with Crippen molar-refractivity contribution in [3.63, 3.8) is 0 Å². The highest BCUT2D eigenvalue weighted by Crippen LogP contribution is 2.35. The molecule has 1 aromatic heterocycles. The number of hydrogen-bond acceptors (Lipinski definition) is 3. The standard InChI is InChI=1S/C17H20N2O/c1-12-14(9-4-10-19-12)16(18-2)15-8-3-6-13-7-5-11-20-17(13)15/h3-4,6,8-10,16,18H,5,7,11H2,1-2H3. The monoisotopic (exact) mass is 268 g/mol. The molecular weight excluding hydrogens is 248 g/mol. The molecule has 3 nitrogen and oxygen atoms in total. The van der Waals surface area contributed by atoms with E-state index in [1.807, 2.05) is 19.3 Å². The molecule has 2 heterocycles. The van der Waals surface area contributed by atoms with Crippen LogP contribution in [0, 0.1) is 6.92 Å². The van der Waals surface area contributed by atoms with Crippen LogP contribution in [0.25, 0.3) is 0 Å². The molecule has 0 fully saturated rings. The summed E-state index contributed by atoms with van der Waals surface area (Å²) in [5, 5.41) is 3.41. The number of fused-ring (bicyclic) bond motifs is 1. The third-order valence-corrected chi connectivity index (χ3v) is 3.92. The molecule has 20 heavy (non-hydrogen) atoms. The minimum absolute atomic E-state index is 0.122. The summed E-state index contributed by atoms with van der Waals surface area (Å²) in [5.41, 5.74) is 4.79. The topological polar surface area (TPSA) is 34.2 Å². The Kier molecular flexibility index (Phi) is 3.70. The van der Waals surface area contributed by atoms with E-state index in [0.29, 0.717) is 0 Å². The molecule has 0 saturated heterocycles. The molecule has 0 radical (unpaired) electrons. The van der Waals surface area contributed by atoms with Crippen LogP contribution in [-0.4, -0.2) is 18.6 Å². The van der Waals surface area contributed by atoms with E-state index >= 15 is 0 Å². The highest BCUT2D eigenvalue weighted by molar-refractivity contribution is 5.48. The van der Waals surface area contributed by atoms with Crippen LogP contribution in [0.4, 0.5) is 0 Å². The number of nitrogens with one attached hydrogen (secondary N) is 1. The fourth-order valence-electron chi connectivity index (χ4n) is 2.92. The number of nitrogens with zero attached hydrogens (tertiary/aromatic N) is 1. The minimum atomic E-state index is 0.122. The maximum atomic E-state index is 5.94. The summed E-state index contributed by atoms with van der Waals surface area (Å²) in [6, 6.07) is 10.7. The number of pyridine rings is 1. The second kappa shape index (κ2) is 5.63. The van der Waals surface area contributed by atoms with Crippen LogP contribution in [0.2, 0.25) is 0 Å². The highest BCUT2D eigenvalue weighted by atomic mass is 16.5. The van der Waals surface area contributed by atoms with Crippen LogP contribution in [0.15, 0.2) is 36.5 Å². The van der Waals surface area contributed by atoms with Gasteiger partial charge in [0.25, 0.3) is 0 Å². The first-order valence-corrected chi connectivity index (χ1v) is 7.14. The van der Waals surface area contributed by atoms with Crippen molar-refractivity contribution in [2.45, 2.75) is 25.8 Å². The van der Waals surface area contributed by atoms with E-state index in [4.69, 9.17) is 4.74 Å². The fraction of sp³-hybridized carbons (Fsp3) is 0.353. The second-order valence-electron chi connectivity index (χ2n) is 5.19. The average molecular weight is 268 g/mol. The lowest BCUT2D eigenvalue weighted by atomic mass is 9.93. The summed E-state index contributed by atoms with van der Waals surface area (Å²) in [4.78, 5) is 4.40. The molecule has 2 aromatic rings. The van der Waals surface area contributed by atoms with Crippen LogP contribution in [0.1, 0.15) is 34.8 Å². The third-order valence-electron chi connectivity index (χ3n) is 3.92. The molecule has 0 bridgehead atoms. The quantitative estimate of drug-likeness (QED) is 0.929. The number of aromatic nitrogens is 1. The Morgan fingerprint density at radius 2 is 2.05 bits per heavy atom. The maximum Gasteiger partial charge on any atom is 0.127 e. The van der Waals surface area contributed by atoms with Crippen molar-refractivity contribution in [2.24, 2.45) is 0 Å². The van der Waals surface area contributed by atoms with Gasteiger partial charge in [-0.05, 0) is 44.0 Å². The first kappa shape index (κ1) is 13.1. The van der Waals surface area contributed by atoms with E-state index in [1.54, 1.807) is 0 Å². The van der Waals surface area contributed by atoms with Gasteiger partial charge in [0.15, 0.2) is 0 Å². The zero-order valence-electron chi connectivity index (χ0n) is 12.0. The van der Waals surface area contributed by atoms with Gasteiger partial charge in [-0.3, -0.25) is 4.98 Å². The van der Waals surface area contributed by atoms with Crippen LogP contribution in [0.3, 0.4) is 0 Å². The highest BCUT2D eigenvalue weighted by Gasteiger charge is 2.22. The molecule has 104 valence electrons. The first-order chi connectivity index (χ1) is 9.81. The molecule has 0 spiro atoms. The van der Waals surface area contributed by atoms with Crippen LogP contribution in [-0.2, 0) is 6.42 Å². The average Bonchev–Trinajstić information content (AvgIpc) is 2.50.